The van der Waals surface area contributed by atoms with E-state index in [4.69, 9.17) is 18.9 Å². The van der Waals surface area contributed by atoms with Gasteiger partial charge in [0.2, 0.25) is 0 Å². The molecular weight excluding hydrogens is 308 g/mol. The Kier molecular flexibility index (Phi) is 6.76. The van der Waals surface area contributed by atoms with Crippen LogP contribution in [0.5, 0.6) is 0 Å². The van der Waals surface area contributed by atoms with E-state index in [2.05, 4.69) is 9.47 Å². The molecule has 8 nitrogen and oxygen atoms in total. The minimum Gasteiger partial charge on any atom is -0.469 e. The summed E-state index contributed by atoms with van der Waals surface area (Å²) in [7, 11) is 2.71. The van der Waals surface area contributed by atoms with Crippen LogP contribution in [0, 0.1) is 5.41 Å². The summed E-state index contributed by atoms with van der Waals surface area (Å²) in [5, 5.41) is 0. The maximum Gasteiger partial charge on any atom is 0.305 e. The van der Waals surface area contributed by atoms with Gasteiger partial charge < -0.3 is 28.4 Å². The maximum atomic E-state index is 11.1. The first-order chi connectivity index (χ1) is 11.1. The van der Waals surface area contributed by atoms with Crippen molar-refractivity contribution in [3.05, 3.63) is 0 Å². The Morgan fingerprint density at radius 3 is 1.48 bits per heavy atom. The topological polar surface area (TPSA) is 89.5 Å². The highest BCUT2D eigenvalue weighted by molar-refractivity contribution is 5.69. The second kappa shape index (κ2) is 8.58. The first-order valence-corrected chi connectivity index (χ1v) is 7.67. The molecule has 0 aromatic heterocycles. The first-order valence-electron chi connectivity index (χ1n) is 7.67. The predicted octanol–water partition coefficient (Wildman–Crippen LogP) is 0.625. The molecule has 2 aliphatic rings. The molecule has 2 aliphatic heterocycles. The molecule has 2 fully saturated rings. The third-order valence-corrected chi connectivity index (χ3v) is 3.93. The van der Waals surface area contributed by atoms with E-state index in [0.29, 0.717) is 39.3 Å². The van der Waals surface area contributed by atoms with E-state index in [1.165, 1.54) is 14.2 Å². The third kappa shape index (κ3) is 5.42. The zero-order chi connectivity index (χ0) is 16.7. The molecular formula is C15H24O8. The summed E-state index contributed by atoms with van der Waals surface area (Å²) in [4.78, 5) is 22.2. The zero-order valence-electron chi connectivity index (χ0n) is 13.6. The Bertz CT molecular complexity index is 353. The number of hydrogen-bond acceptors (Lipinski definition) is 8. The van der Waals surface area contributed by atoms with Crippen LogP contribution in [-0.2, 0) is 38.0 Å². The van der Waals surface area contributed by atoms with Gasteiger partial charge >= 0.3 is 11.9 Å². The maximum absolute atomic E-state index is 11.1. The van der Waals surface area contributed by atoms with E-state index in [1.54, 1.807) is 0 Å². The van der Waals surface area contributed by atoms with Gasteiger partial charge in [0.05, 0.1) is 58.9 Å². The second-order valence-electron chi connectivity index (χ2n) is 5.83. The van der Waals surface area contributed by atoms with E-state index in [1.807, 2.05) is 0 Å². The van der Waals surface area contributed by atoms with Gasteiger partial charge in [-0.2, -0.15) is 0 Å². The smallest absolute Gasteiger partial charge is 0.305 e. The van der Waals surface area contributed by atoms with Crippen molar-refractivity contribution >= 4 is 11.9 Å². The summed E-state index contributed by atoms with van der Waals surface area (Å²) < 4.78 is 31.8. The van der Waals surface area contributed by atoms with Gasteiger partial charge in [-0.3, -0.25) is 9.59 Å². The molecule has 132 valence electrons. The van der Waals surface area contributed by atoms with Gasteiger partial charge in [0, 0.05) is 12.8 Å². The molecule has 0 aromatic rings. The highest BCUT2D eigenvalue weighted by Crippen LogP contribution is 2.31. The molecule has 0 radical (unpaired) electrons. The average Bonchev–Trinajstić information content (AvgIpc) is 2.60. The van der Waals surface area contributed by atoms with Crippen LogP contribution in [-0.4, -0.2) is 65.2 Å². The molecule has 0 aliphatic carbocycles. The lowest BCUT2D eigenvalue weighted by molar-refractivity contribution is -0.304. The largest absolute Gasteiger partial charge is 0.469 e. The Hall–Kier alpha value is -1.22. The van der Waals surface area contributed by atoms with Crippen molar-refractivity contribution in [2.45, 2.75) is 38.3 Å². The number of methoxy groups -OCH3 is 2. The molecule has 0 atom stereocenters. The Balaban J connectivity index is 1.67. The fraction of sp³-hybridized carbons (Fsp3) is 0.867. The quantitative estimate of drug-likeness (QED) is 0.654. The van der Waals surface area contributed by atoms with Crippen molar-refractivity contribution in [1.82, 2.24) is 0 Å². The average molecular weight is 332 g/mol. The van der Waals surface area contributed by atoms with Crippen molar-refractivity contribution in [1.29, 1.82) is 0 Å². The van der Waals surface area contributed by atoms with Crippen molar-refractivity contribution in [3.63, 3.8) is 0 Å². The van der Waals surface area contributed by atoms with Crippen LogP contribution in [0.15, 0.2) is 0 Å². The van der Waals surface area contributed by atoms with Gasteiger partial charge in [-0.25, -0.2) is 0 Å². The van der Waals surface area contributed by atoms with Crippen molar-refractivity contribution in [2.24, 2.45) is 5.41 Å². The Morgan fingerprint density at radius 2 is 1.17 bits per heavy atom. The molecule has 2 saturated heterocycles. The first kappa shape index (κ1) is 18.1. The second-order valence-corrected chi connectivity index (χ2v) is 5.83. The lowest BCUT2D eigenvalue weighted by Gasteiger charge is -2.43. The normalized spacial score (nSPS) is 30.9. The molecule has 0 bridgehead atoms. The third-order valence-electron chi connectivity index (χ3n) is 3.93. The summed E-state index contributed by atoms with van der Waals surface area (Å²) >= 11 is 0. The van der Waals surface area contributed by atoms with E-state index in [0.717, 1.165) is 0 Å². The van der Waals surface area contributed by atoms with E-state index in [-0.39, 0.29) is 30.2 Å². The number of hydrogen-bond donors (Lipinski definition) is 0. The lowest BCUT2D eigenvalue weighted by atomic mass is 9.90. The van der Waals surface area contributed by atoms with Crippen molar-refractivity contribution in [2.75, 3.05) is 40.6 Å². The van der Waals surface area contributed by atoms with Crippen LogP contribution in [0.1, 0.15) is 25.7 Å². The van der Waals surface area contributed by atoms with Crippen LogP contribution >= 0.6 is 0 Å². The number of esters is 2. The Morgan fingerprint density at radius 1 is 0.826 bits per heavy atom. The molecule has 0 aromatic carbocycles. The molecule has 0 saturated carbocycles. The predicted molar refractivity (Wildman–Crippen MR) is 76.3 cm³/mol. The van der Waals surface area contributed by atoms with Gasteiger partial charge in [0.25, 0.3) is 0 Å². The highest BCUT2D eigenvalue weighted by Gasteiger charge is 2.42. The number of ether oxygens (including phenoxy) is 6. The van der Waals surface area contributed by atoms with E-state index >= 15 is 0 Å². The molecule has 0 unspecified atom stereocenters. The van der Waals surface area contributed by atoms with Crippen LogP contribution < -0.4 is 0 Å². The molecule has 23 heavy (non-hydrogen) atoms. The van der Waals surface area contributed by atoms with Crippen molar-refractivity contribution in [3.8, 4) is 0 Å². The standard InChI is InChI=1S/C15H24O8/c1-18-11(16)3-5-13-20-7-15(8-21-13)9-22-14(23-10-15)6-4-12(17)19-2/h13-14H,3-10H2,1-2H3. The molecule has 0 N–H and O–H groups in total. The lowest BCUT2D eigenvalue weighted by Crippen LogP contribution is -2.52. The molecule has 1 spiro atoms. The fourth-order valence-electron chi connectivity index (χ4n) is 2.43. The van der Waals surface area contributed by atoms with Gasteiger partial charge in [-0.05, 0) is 0 Å². The molecule has 2 heterocycles. The summed E-state index contributed by atoms with van der Waals surface area (Å²) in [5.41, 5.74) is -0.330. The van der Waals surface area contributed by atoms with Gasteiger partial charge in [0.15, 0.2) is 12.6 Å². The molecule has 2 rings (SSSR count). The highest BCUT2D eigenvalue weighted by atomic mass is 16.7. The summed E-state index contributed by atoms with van der Waals surface area (Å²) in [5.74, 6) is -0.564. The van der Waals surface area contributed by atoms with Gasteiger partial charge in [-0.1, -0.05) is 0 Å². The van der Waals surface area contributed by atoms with Crippen LogP contribution in [0.3, 0.4) is 0 Å². The van der Waals surface area contributed by atoms with Gasteiger partial charge in [0.1, 0.15) is 0 Å². The van der Waals surface area contributed by atoms with E-state index < -0.39 is 12.6 Å². The minimum atomic E-state index is -0.406. The van der Waals surface area contributed by atoms with Crippen molar-refractivity contribution < 1.29 is 38.0 Å². The van der Waals surface area contributed by atoms with E-state index in [9.17, 15) is 9.59 Å². The Labute approximate surface area is 135 Å². The zero-order valence-corrected chi connectivity index (χ0v) is 13.6. The van der Waals surface area contributed by atoms with Crippen LogP contribution in [0.4, 0.5) is 0 Å². The number of rotatable bonds is 6. The van der Waals surface area contributed by atoms with Crippen LogP contribution in [0.2, 0.25) is 0 Å². The molecule has 0 amide bonds. The SMILES string of the molecule is COC(=O)CCC1OCC2(CO1)COC(CCC(=O)OC)OC2. The fourth-order valence-corrected chi connectivity index (χ4v) is 2.43. The summed E-state index contributed by atoms with van der Waals surface area (Å²) in [6, 6.07) is 0. The minimum absolute atomic E-state index is 0.261. The number of carbonyl (C=O) groups excluding carboxylic acids is 2. The monoisotopic (exact) mass is 332 g/mol. The summed E-state index contributed by atoms with van der Waals surface area (Å²) in [6.45, 7) is 1.79. The molecule has 8 heteroatoms. The van der Waals surface area contributed by atoms with Crippen LogP contribution in [0.25, 0.3) is 0 Å². The van der Waals surface area contributed by atoms with Gasteiger partial charge in [-0.15, -0.1) is 0 Å². The number of carbonyl (C=O) groups is 2. The summed E-state index contributed by atoms with van der Waals surface area (Å²) in [6.07, 6.45) is 0.639.